The molecular weight excluding hydrogens is 368 g/mol. The number of amides is 1. The maximum absolute atomic E-state index is 12.5. The normalized spacial score (nSPS) is 18.1. The van der Waals surface area contributed by atoms with Crippen LogP contribution in [-0.4, -0.2) is 60.9 Å². The van der Waals surface area contributed by atoms with E-state index >= 15 is 0 Å². The summed E-state index contributed by atoms with van der Waals surface area (Å²) >= 11 is 0. The van der Waals surface area contributed by atoms with Crippen LogP contribution in [0.3, 0.4) is 0 Å². The lowest BCUT2D eigenvalue weighted by molar-refractivity contribution is 0.0741. The Morgan fingerprint density at radius 2 is 2.07 bits per heavy atom. The van der Waals surface area contributed by atoms with E-state index in [0.717, 1.165) is 11.3 Å². The molecule has 0 spiro atoms. The summed E-state index contributed by atoms with van der Waals surface area (Å²) < 4.78 is 28.5. The molecule has 1 aromatic carbocycles. The van der Waals surface area contributed by atoms with Crippen LogP contribution in [-0.2, 0) is 9.84 Å². The lowest BCUT2D eigenvalue weighted by Gasteiger charge is -2.22. The number of ether oxygens (including phenoxy) is 1. The van der Waals surface area contributed by atoms with E-state index in [0.29, 0.717) is 18.0 Å². The maximum Gasteiger partial charge on any atom is 0.274 e. The quantitative estimate of drug-likeness (QED) is 0.830. The third-order valence-corrected chi connectivity index (χ3v) is 6.32. The van der Waals surface area contributed by atoms with Crippen molar-refractivity contribution in [1.82, 2.24) is 14.9 Å². The van der Waals surface area contributed by atoms with Crippen molar-refractivity contribution in [1.29, 1.82) is 0 Å². The van der Waals surface area contributed by atoms with Gasteiger partial charge in [-0.1, -0.05) is 6.07 Å². The molecule has 2 aromatic rings. The van der Waals surface area contributed by atoms with Gasteiger partial charge in [-0.25, -0.2) is 18.4 Å². The van der Waals surface area contributed by atoms with Crippen molar-refractivity contribution in [3.8, 4) is 5.75 Å². The fourth-order valence-electron chi connectivity index (χ4n) is 2.99. The Kier molecular flexibility index (Phi) is 5.31. The number of nitrogens with zero attached hydrogens (tertiary/aromatic N) is 3. The number of methoxy groups -OCH3 is 1. The summed E-state index contributed by atoms with van der Waals surface area (Å²) in [6, 6.07) is 5.40. The Labute approximate surface area is 158 Å². The number of rotatable bonds is 5. The molecule has 0 saturated carbocycles. The Morgan fingerprint density at radius 1 is 1.30 bits per heavy atom. The standard InChI is InChI=1S/C18H22N4O4S/c1-12-4-5-16(26-3)14(8-12)21-17-10-19-15(9-20-17)18(23)22(2)13-6-7-27(24,25)11-13/h4-5,8-10,13H,6-7,11H2,1-3H3,(H,20,21). The minimum atomic E-state index is -3.06. The van der Waals surface area contributed by atoms with Crippen LogP contribution in [0.2, 0.25) is 0 Å². The van der Waals surface area contributed by atoms with Gasteiger partial charge in [0.2, 0.25) is 0 Å². The van der Waals surface area contributed by atoms with Crippen molar-refractivity contribution < 1.29 is 17.9 Å². The molecule has 1 saturated heterocycles. The molecule has 1 unspecified atom stereocenters. The predicted molar refractivity (Wildman–Crippen MR) is 102 cm³/mol. The zero-order valence-electron chi connectivity index (χ0n) is 15.5. The SMILES string of the molecule is COc1ccc(C)cc1Nc1cnc(C(=O)N(C)C2CCS(=O)(=O)C2)cn1. The van der Waals surface area contributed by atoms with Crippen molar-refractivity contribution in [2.24, 2.45) is 0 Å². The van der Waals surface area contributed by atoms with Crippen LogP contribution in [0.15, 0.2) is 30.6 Å². The van der Waals surface area contributed by atoms with Crippen LogP contribution in [0.1, 0.15) is 22.5 Å². The van der Waals surface area contributed by atoms with Crippen molar-refractivity contribution >= 4 is 27.2 Å². The summed E-state index contributed by atoms with van der Waals surface area (Å²) in [5.41, 5.74) is 1.98. The summed E-state index contributed by atoms with van der Waals surface area (Å²) in [6.45, 7) is 1.97. The van der Waals surface area contributed by atoms with E-state index in [2.05, 4.69) is 15.3 Å². The summed E-state index contributed by atoms with van der Waals surface area (Å²) in [7, 11) is 0.123. The summed E-state index contributed by atoms with van der Waals surface area (Å²) in [4.78, 5) is 22.4. The Morgan fingerprint density at radius 3 is 2.67 bits per heavy atom. The molecule has 2 heterocycles. The highest BCUT2D eigenvalue weighted by atomic mass is 32.2. The molecule has 1 fully saturated rings. The van der Waals surface area contributed by atoms with Gasteiger partial charge in [0.25, 0.3) is 5.91 Å². The van der Waals surface area contributed by atoms with E-state index in [4.69, 9.17) is 4.74 Å². The van der Waals surface area contributed by atoms with E-state index < -0.39 is 9.84 Å². The molecule has 9 heteroatoms. The summed E-state index contributed by atoms with van der Waals surface area (Å²) in [6.07, 6.45) is 3.30. The average Bonchev–Trinajstić information content (AvgIpc) is 3.01. The van der Waals surface area contributed by atoms with E-state index in [9.17, 15) is 13.2 Å². The first-order chi connectivity index (χ1) is 12.8. The van der Waals surface area contributed by atoms with Crippen LogP contribution in [0.5, 0.6) is 5.75 Å². The molecule has 1 aliphatic rings. The fourth-order valence-corrected chi connectivity index (χ4v) is 4.76. The molecule has 0 bridgehead atoms. The highest BCUT2D eigenvalue weighted by Gasteiger charge is 2.33. The second-order valence-electron chi connectivity index (χ2n) is 6.59. The van der Waals surface area contributed by atoms with Crippen molar-refractivity contribution in [2.45, 2.75) is 19.4 Å². The van der Waals surface area contributed by atoms with Gasteiger partial charge in [-0.05, 0) is 31.0 Å². The molecule has 1 amide bonds. The average molecular weight is 390 g/mol. The number of aromatic nitrogens is 2. The van der Waals surface area contributed by atoms with Gasteiger partial charge in [-0.2, -0.15) is 0 Å². The monoisotopic (exact) mass is 390 g/mol. The van der Waals surface area contributed by atoms with Crippen molar-refractivity contribution in [2.75, 3.05) is 31.0 Å². The summed E-state index contributed by atoms with van der Waals surface area (Å²) in [5.74, 6) is 0.910. The Bertz CT molecular complexity index is 944. The van der Waals surface area contributed by atoms with Crippen LogP contribution in [0.25, 0.3) is 0 Å². The van der Waals surface area contributed by atoms with E-state index in [1.165, 1.54) is 17.3 Å². The number of benzene rings is 1. The maximum atomic E-state index is 12.5. The fraction of sp³-hybridized carbons (Fsp3) is 0.389. The van der Waals surface area contributed by atoms with Crippen LogP contribution in [0, 0.1) is 6.92 Å². The van der Waals surface area contributed by atoms with Crippen molar-refractivity contribution in [3.63, 3.8) is 0 Å². The molecule has 1 aliphatic heterocycles. The molecule has 144 valence electrons. The van der Waals surface area contributed by atoms with E-state index in [-0.39, 0.29) is 29.1 Å². The molecular formula is C18H22N4O4S. The van der Waals surface area contributed by atoms with Crippen LogP contribution < -0.4 is 10.1 Å². The minimum Gasteiger partial charge on any atom is -0.495 e. The van der Waals surface area contributed by atoms with Gasteiger partial charge in [-0.3, -0.25) is 4.79 Å². The topological polar surface area (TPSA) is 101 Å². The number of nitrogens with one attached hydrogen (secondary N) is 1. The predicted octanol–water partition coefficient (Wildman–Crippen LogP) is 1.80. The van der Waals surface area contributed by atoms with Gasteiger partial charge in [-0.15, -0.1) is 0 Å². The zero-order valence-corrected chi connectivity index (χ0v) is 16.3. The van der Waals surface area contributed by atoms with Gasteiger partial charge in [0.1, 0.15) is 17.3 Å². The van der Waals surface area contributed by atoms with Gasteiger partial charge in [0.05, 0.1) is 36.7 Å². The highest BCUT2D eigenvalue weighted by molar-refractivity contribution is 7.91. The number of carbonyl (C=O) groups is 1. The van der Waals surface area contributed by atoms with Gasteiger partial charge >= 0.3 is 0 Å². The zero-order chi connectivity index (χ0) is 19.6. The molecule has 8 nitrogen and oxygen atoms in total. The third kappa shape index (κ3) is 4.36. The smallest absolute Gasteiger partial charge is 0.274 e. The number of anilines is 2. The third-order valence-electron chi connectivity index (χ3n) is 4.57. The molecule has 0 aliphatic carbocycles. The molecule has 1 aromatic heterocycles. The number of carbonyl (C=O) groups excluding carboxylic acids is 1. The number of hydrogen-bond donors (Lipinski definition) is 1. The molecule has 1 N–H and O–H groups in total. The van der Waals surface area contributed by atoms with Gasteiger partial charge in [0, 0.05) is 13.1 Å². The van der Waals surface area contributed by atoms with Crippen LogP contribution >= 0.6 is 0 Å². The largest absolute Gasteiger partial charge is 0.495 e. The minimum absolute atomic E-state index is 0.00450. The summed E-state index contributed by atoms with van der Waals surface area (Å²) in [5, 5.41) is 3.12. The van der Waals surface area contributed by atoms with E-state index in [1.807, 2.05) is 25.1 Å². The Balaban J connectivity index is 1.72. The first kappa shape index (κ1) is 19.1. The number of hydrogen-bond acceptors (Lipinski definition) is 7. The first-order valence-corrected chi connectivity index (χ1v) is 10.3. The van der Waals surface area contributed by atoms with Crippen molar-refractivity contribution in [3.05, 3.63) is 41.9 Å². The highest BCUT2D eigenvalue weighted by Crippen LogP contribution is 2.27. The second kappa shape index (κ2) is 7.51. The Hall–Kier alpha value is -2.68. The number of sulfone groups is 1. The molecule has 0 radical (unpaired) electrons. The lowest BCUT2D eigenvalue weighted by atomic mass is 10.2. The first-order valence-electron chi connectivity index (χ1n) is 8.50. The molecule has 3 rings (SSSR count). The molecule has 27 heavy (non-hydrogen) atoms. The van der Waals surface area contributed by atoms with Gasteiger partial charge in [0.15, 0.2) is 9.84 Å². The van der Waals surface area contributed by atoms with E-state index in [1.54, 1.807) is 14.2 Å². The molecule has 1 atom stereocenters. The lowest BCUT2D eigenvalue weighted by Crippen LogP contribution is -2.38. The second-order valence-corrected chi connectivity index (χ2v) is 8.82. The van der Waals surface area contributed by atoms with Crippen LogP contribution in [0.4, 0.5) is 11.5 Å². The van der Waals surface area contributed by atoms with Gasteiger partial charge < -0.3 is 15.0 Å². The number of aryl methyl sites for hydroxylation is 1.